The zero-order valence-electron chi connectivity index (χ0n) is 12.6. The molecule has 0 aromatic heterocycles. The van der Waals surface area contributed by atoms with Crippen molar-refractivity contribution in [3.05, 3.63) is 29.3 Å². The van der Waals surface area contributed by atoms with Crippen LogP contribution in [0.5, 0.6) is 0 Å². The molecule has 2 amide bonds. The number of carbonyl (C=O) groups is 2. The molecule has 0 spiro atoms. The molecule has 0 unspecified atom stereocenters. The first-order valence-corrected chi connectivity index (χ1v) is 7.51. The molecule has 21 heavy (non-hydrogen) atoms. The van der Waals surface area contributed by atoms with E-state index in [0.29, 0.717) is 18.5 Å². The van der Waals surface area contributed by atoms with Crippen LogP contribution in [0.2, 0.25) is 0 Å². The highest BCUT2D eigenvalue weighted by atomic mass is 16.4. The summed E-state index contributed by atoms with van der Waals surface area (Å²) in [5.41, 5.74) is 1.79. The molecule has 1 aliphatic heterocycles. The summed E-state index contributed by atoms with van der Waals surface area (Å²) in [6.07, 6.45) is 3.26. The summed E-state index contributed by atoms with van der Waals surface area (Å²) in [5.74, 6) is -0.936. The third-order valence-electron chi connectivity index (χ3n) is 4.04. The molecule has 114 valence electrons. The molecular weight excluding hydrogens is 268 g/mol. The third kappa shape index (κ3) is 3.17. The molecule has 2 rings (SSSR count). The number of benzene rings is 1. The molecule has 1 aromatic carbocycles. The number of nitrogens with one attached hydrogen (secondary N) is 1. The highest BCUT2D eigenvalue weighted by molar-refractivity contribution is 5.97. The molecule has 0 atom stereocenters. The summed E-state index contributed by atoms with van der Waals surface area (Å²) in [7, 11) is 0. The van der Waals surface area contributed by atoms with E-state index in [0.717, 1.165) is 30.5 Å². The number of urea groups is 1. The first kappa shape index (κ1) is 15.4. The van der Waals surface area contributed by atoms with Gasteiger partial charge in [-0.05, 0) is 43.4 Å². The van der Waals surface area contributed by atoms with Gasteiger partial charge in [-0.15, -0.1) is 0 Å². The van der Waals surface area contributed by atoms with Crippen molar-refractivity contribution in [2.24, 2.45) is 0 Å². The number of nitrogens with zero attached hydrogens (tertiary/aromatic N) is 1. The Hall–Kier alpha value is -2.04. The summed E-state index contributed by atoms with van der Waals surface area (Å²) in [6.45, 7) is 4.71. The van der Waals surface area contributed by atoms with Gasteiger partial charge < -0.3 is 10.4 Å². The van der Waals surface area contributed by atoms with Gasteiger partial charge in [-0.3, -0.25) is 4.90 Å². The zero-order valence-corrected chi connectivity index (χ0v) is 12.6. The normalized spacial score (nSPS) is 14.0. The van der Waals surface area contributed by atoms with Crippen LogP contribution in [0.15, 0.2) is 18.2 Å². The van der Waals surface area contributed by atoms with Gasteiger partial charge in [-0.2, -0.15) is 0 Å². The molecule has 1 aromatic rings. The zero-order chi connectivity index (χ0) is 15.4. The van der Waals surface area contributed by atoms with E-state index in [1.54, 1.807) is 17.0 Å². The molecule has 0 bridgehead atoms. The molecular formula is C16H22N2O3. The topological polar surface area (TPSA) is 69.6 Å². The minimum absolute atomic E-state index is 0.132. The molecule has 0 radical (unpaired) electrons. The van der Waals surface area contributed by atoms with Gasteiger partial charge in [-0.25, -0.2) is 9.59 Å². The summed E-state index contributed by atoms with van der Waals surface area (Å²) in [4.78, 5) is 25.4. The van der Waals surface area contributed by atoms with Gasteiger partial charge >= 0.3 is 12.0 Å². The highest BCUT2D eigenvalue weighted by Crippen LogP contribution is 2.30. The van der Waals surface area contributed by atoms with Gasteiger partial charge in [0, 0.05) is 18.3 Å². The molecule has 1 aliphatic rings. The Kier molecular flexibility index (Phi) is 4.83. The quantitative estimate of drug-likeness (QED) is 0.895. The van der Waals surface area contributed by atoms with Gasteiger partial charge in [0.2, 0.25) is 0 Å². The highest BCUT2D eigenvalue weighted by Gasteiger charge is 2.26. The Balaban J connectivity index is 2.28. The van der Waals surface area contributed by atoms with E-state index in [4.69, 9.17) is 0 Å². The van der Waals surface area contributed by atoms with Crippen molar-refractivity contribution in [1.82, 2.24) is 5.32 Å². The van der Waals surface area contributed by atoms with E-state index >= 15 is 0 Å². The van der Waals surface area contributed by atoms with E-state index in [1.807, 2.05) is 19.9 Å². The number of carboxylic acids is 1. The fourth-order valence-electron chi connectivity index (χ4n) is 2.78. The number of carbonyl (C=O) groups excluding carboxylic acids is 1. The van der Waals surface area contributed by atoms with Gasteiger partial charge in [0.05, 0.1) is 5.56 Å². The largest absolute Gasteiger partial charge is 0.478 e. The van der Waals surface area contributed by atoms with Crippen molar-refractivity contribution in [2.45, 2.75) is 45.6 Å². The Bertz CT molecular complexity index is 538. The minimum Gasteiger partial charge on any atom is -0.478 e. The van der Waals surface area contributed by atoms with E-state index in [-0.39, 0.29) is 12.1 Å². The van der Waals surface area contributed by atoms with Crippen molar-refractivity contribution in [2.75, 3.05) is 11.4 Å². The number of carboxylic acid groups (broad SMARTS) is 1. The summed E-state index contributed by atoms with van der Waals surface area (Å²) >= 11 is 0. The second kappa shape index (κ2) is 6.61. The number of rotatable bonds is 4. The molecule has 5 heteroatoms. The van der Waals surface area contributed by atoms with Crippen molar-refractivity contribution in [1.29, 1.82) is 0 Å². The maximum absolute atomic E-state index is 12.4. The van der Waals surface area contributed by atoms with Gasteiger partial charge in [-0.1, -0.05) is 19.9 Å². The van der Waals surface area contributed by atoms with Crippen LogP contribution in [0, 0.1) is 0 Å². The Labute approximate surface area is 125 Å². The average molecular weight is 290 g/mol. The summed E-state index contributed by atoms with van der Waals surface area (Å²) in [5, 5.41) is 12.3. The van der Waals surface area contributed by atoms with E-state index in [2.05, 4.69) is 5.32 Å². The van der Waals surface area contributed by atoms with Gasteiger partial charge in [0.15, 0.2) is 0 Å². The molecule has 0 aliphatic carbocycles. The molecule has 0 saturated carbocycles. The van der Waals surface area contributed by atoms with Crippen LogP contribution in [-0.4, -0.2) is 29.7 Å². The maximum atomic E-state index is 12.4. The number of anilines is 1. The van der Waals surface area contributed by atoms with Crippen LogP contribution >= 0.6 is 0 Å². The Morgan fingerprint density at radius 1 is 1.33 bits per heavy atom. The van der Waals surface area contributed by atoms with Crippen LogP contribution in [0.4, 0.5) is 10.5 Å². The second-order valence-electron chi connectivity index (χ2n) is 5.33. The van der Waals surface area contributed by atoms with Crippen molar-refractivity contribution < 1.29 is 14.7 Å². The second-order valence-corrected chi connectivity index (χ2v) is 5.33. The fraction of sp³-hybridized carbons (Fsp3) is 0.500. The van der Waals surface area contributed by atoms with E-state index < -0.39 is 5.97 Å². The molecule has 5 nitrogen and oxygen atoms in total. The fourth-order valence-corrected chi connectivity index (χ4v) is 2.78. The number of hydrogen-bond donors (Lipinski definition) is 2. The number of aromatic carboxylic acids is 1. The molecule has 2 N–H and O–H groups in total. The predicted molar refractivity (Wildman–Crippen MR) is 82.0 cm³/mol. The number of fused-ring (bicyclic) bond motifs is 1. The Morgan fingerprint density at radius 2 is 2.05 bits per heavy atom. The van der Waals surface area contributed by atoms with Crippen LogP contribution in [0.3, 0.4) is 0 Å². The monoisotopic (exact) mass is 290 g/mol. The van der Waals surface area contributed by atoms with Gasteiger partial charge in [0.1, 0.15) is 0 Å². The average Bonchev–Trinajstić information content (AvgIpc) is 2.50. The van der Waals surface area contributed by atoms with Crippen molar-refractivity contribution in [3.8, 4) is 0 Å². The van der Waals surface area contributed by atoms with E-state index in [1.165, 1.54) is 0 Å². The van der Waals surface area contributed by atoms with Crippen LogP contribution in [-0.2, 0) is 6.42 Å². The molecule has 0 fully saturated rings. The lowest BCUT2D eigenvalue weighted by atomic mass is 9.96. The first-order valence-electron chi connectivity index (χ1n) is 7.51. The number of amides is 2. The lowest BCUT2D eigenvalue weighted by molar-refractivity contribution is 0.0695. The van der Waals surface area contributed by atoms with Crippen LogP contribution < -0.4 is 10.2 Å². The lowest BCUT2D eigenvalue weighted by Gasteiger charge is -2.31. The smallest absolute Gasteiger partial charge is 0.336 e. The van der Waals surface area contributed by atoms with Crippen molar-refractivity contribution >= 4 is 17.7 Å². The minimum atomic E-state index is -0.936. The van der Waals surface area contributed by atoms with Crippen molar-refractivity contribution in [3.63, 3.8) is 0 Å². The summed E-state index contributed by atoms with van der Waals surface area (Å²) < 4.78 is 0. The molecule has 1 heterocycles. The van der Waals surface area contributed by atoms with Crippen LogP contribution in [0.1, 0.15) is 49.0 Å². The predicted octanol–water partition coefficient (Wildman–Crippen LogP) is 3.04. The van der Waals surface area contributed by atoms with Gasteiger partial charge in [0.25, 0.3) is 0 Å². The first-order chi connectivity index (χ1) is 10.1. The molecule has 0 saturated heterocycles. The Morgan fingerprint density at radius 3 is 2.67 bits per heavy atom. The standard InChI is InChI=1S/C16H22N2O3/c1-3-11(4-2)17-16(21)18-10-6-8-12-13(15(19)20)7-5-9-14(12)18/h5,7,9,11H,3-4,6,8,10H2,1-2H3,(H,17,21)(H,19,20). The number of hydrogen-bond acceptors (Lipinski definition) is 2. The third-order valence-corrected chi connectivity index (χ3v) is 4.04. The summed E-state index contributed by atoms with van der Waals surface area (Å²) in [6, 6.07) is 5.15. The lowest BCUT2D eigenvalue weighted by Crippen LogP contribution is -2.46. The SMILES string of the molecule is CCC(CC)NC(=O)N1CCCc2c(C(=O)O)cccc21. The maximum Gasteiger partial charge on any atom is 0.336 e. The van der Waals surface area contributed by atoms with E-state index in [9.17, 15) is 14.7 Å². The van der Waals surface area contributed by atoms with Crippen LogP contribution in [0.25, 0.3) is 0 Å².